The predicted octanol–water partition coefficient (Wildman–Crippen LogP) is 6.52. The van der Waals surface area contributed by atoms with E-state index < -0.39 is 9.52 Å². The van der Waals surface area contributed by atoms with Crippen LogP contribution in [0, 0.1) is 0 Å². The highest BCUT2D eigenvalue weighted by molar-refractivity contribution is 6.72. The van der Waals surface area contributed by atoms with Gasteiger partial charge < -0.3 is 0 Å². The minimum atomic E-state index is -0.863. The zero-order valence-corrected chi connectivity index (χ0v) is 19.4. The van der Waals surface area contributed by atoms with Crippen molar-refractivity contribution < 1.29 is 0 Å². The van der Waals surface area contributed by atoms with Gasteiger partial charge in [0.15, 0.2) is 0 Å². The first-order valence-corrected chi connectivity index (χ1v) is 13.0. The molecule has 0 spiro atoms. The van der Waals surface area contributed by atoms with Crippen molar-refractivity contribution in [2.75, 3.05) is 0 Å². The maximum Gasteiger partial charge on any atom is 0.0911 e. The quantitative estimate of drug-likeness (QED) is 0.379. The van der Waals surface area contributed by atoms with Crippen molar-refractivity contribution in [1.29, 1.82) is 0 Å². The van der Waals surface area contributed by atoms with E-state index in [2.05, 4.69) is 48.6 Å². The third-order valence-electron chi connectivity index (χ3n) is 7.15. The lowest BCUT2D eigenvalue weighted by Crippen LogP contribution is -2.46. The average Bonchev–Trinajstić information content (AvgIpc) is 3.18. The summed E-state index contributed by atoms with van der Waals surface area (Å²) >= 11 is 15.1. The molecular weight excluding hydrogens is 399 g/mol. The van der Waals surface area contributed by atoms with Crippen LogP contribution >= 0.6 is 23.2 Å². The van der Waals surface area contributed by atoms with Crippen LogP contribution in [0.2, 0.25) is 0 Å². The standard InChI is InChI=1S/C25H28Cl2Si/c26-24(15-14-19-10-4-6-12-22(19)24)28-25(27)21(16-18-8-2-1-3-9-18)17-20-11-5-7-13-23(20)25/h1-3,8-9,14-15,17H,4-7,10-13,16,28H2. The average molecular weight is 427 g/mol. The van der Waals surface area contributed by atoms with Crippen molar-refractivity contribution in [3.05, 3.63) is 82.0 Å². The second-order valence-electron chi connectivity index (χ2n) is 8.93. The normalized spacial score (nSPS) is 32.3. The molecule has 0 nitrogen and oxygen atoms in total. The van der Waals surface area contributed by atoms with Crippen molar-refractivity contribution >= 4 is 32.7 Å². The molecule has 146 valence electrons. The molecular formula is C25H28Cl2Si. The molecule has 0 amide bonds. The molecule has 2 unspecified atom stereocenters. The summed E-state index contributed by atoms with van der Waals surface area (Å²) in [7, 11) is -0.863. The van der Waals surface area contributed by atoms with E-state index in [9.17, 15) is 0 Å². The first-order chi connectivity index (χ1) is 13.6. The lowest BCUT2D eigenvalue weighted by molar-refractivity contribution is 0.663. The summed E-state index contributed by atoms with van der Waals surface area (Å²) in [5.74, 6) is 0. The number of rotatable bonds is 4. The van der Waals surface area contributed by atoms with Crippen molar-refractivity contribution in [1.82, 2.24) is 0 Å². The molecule has 0 heterocycles. The van der Waals surface area contributed by atoms with Crippen LogP contribution in [0.5, 0.6) is 0 Å². The van der Waals surface area contributed by atoms with Gasteiger partial charge in [0.05, 0.1) is 18.5 Å². The molecule has 0 bridgehead atoms. The number of benzene rings is 1. The minimum absolute atomic E-state index is 0.271. The van der Waals surface area contributed by atoms with E-state index in [4.69, 9.17) is 23.2 Å². The molecule has 4 aliphatic rings. The maximum atomic E-state index is 7.66. The number of halogens is 2. The van der Waals surface area contributed by atoms with Gasteiger partial charge in [-0.05, 0) is 91.2 Å². The third kappa shape index (κ3) is 3.20. The predicted molar refractivity (Wildman–Crippen MR) is 124 cm³/mol. The molecule has 0 N–H and O–H groups in total. The van der Waals surface area contributed by atoms with E-state index in [0.717, 1.165) is 19.3 Å². The summed E-state index contributed by atoms with van der Waals surface area (Å²) in [6.07, 6.45) is 17.9. The first-order valence-electron chi connectivity index (χ1n) is 10.9. The van der Waals surface area contributed by atoms with Gasteiger partial charge in [-0.15, -0.1) is 23.2 Å². The van der Waals surface area contributed by atoms with Gasteiger partial charge in [0, 0.05) is 0 Å². The first kappa shape index (κ1) is 19.0. The Balaban J connectivity index is 1.50. The largest absolute Gasteiger partial charge is 0.114 e. The molecule has 0 fully saturated rings. The summed E-state index contributed by atoms with van der Waals surface area (Å²) < 4.78 is -0.565. The molecule has 5 rings (SSSR count). The van der Waals surface area contributed by atoms with E-state index in [1.165, 1.54) is 72.0 Å². The molecule has 28 heavy (non-hydrogen) atoms. The lowest BCUT2D eigenvalue weighted by atomic mass is 9.92. The van der Waals surface area contributed by atoms with Gasteiger partial charge in [-0.1, -0.05) is 48.6 Å². The Kier molecular flexibility index (Phi) is 4.98. The van der Waals surface area contributed by atoms with E-state index >= 15 is 0 Å². The number of hydrogen-bond acceptors (Lipinski definition) is 0. The fourth-order valence-electron chi connectivity index (χ4n) is 5.73. The highest BCUT2D eigenvalue weighted by Crippen LogP contribution is 2.52. The van der Waals surface area contributed by atoms with Gasteiger partial charge in [-0.2, -0.15) is 0 Å². The van der Waals surface area contributed by atoms with Crippen LogP contribution in [-0.2, 0) is 6.42 Å². The van der Waals surface area contributed by atoms with Gasteiger partial charge in [0.2, 0.25) is 0 Å². The molecule has 4 aliphatic carbocycles. The van der Waals surface area contributed by atoms with Gasteiger partial charge in [-0.25, -0.2) is 0 Å². The molecule has 0 aliphatic heterocycles. The summed E-state index contributed by atoms with van der Waals surface area (Å²) in [5.41, 5.74) is 8.85. The zero-order chi connectivity index (χ0) is 19.2. The molecule has 0 saturated heterocycles. The Labute approximate surface area is 181 Å². The summed E-state index contributed by atoms with van der Waals surface area (Å²) in [5, 5.41) is 0. The Morgan fingerprint density at radius 1 is 0.821 bits per heavy atom. The minimum Gasteiger partial charge on any atom is -0.114 e. The maximum absolute atomic E-state index is 7.66. The number of hydrogen-bond donors (Lipinski definition) is 0. The van der Waals surface area contributed by atoms with Gasteiger partial charge >= 0.3 is 0 Å². The smallest absolute Gasteiger partial charge is 0.0911 e. The van der Waals surface area contributed by atoms with E-state index in [1.54, 1.807) is 0 Å². The molecule has 1 aromatic rings. The van der Waals surface area contributed by atoms with Crippen molar-refractivity contribution in [3.63, 3.8) is 0 Å². The summed E-state index contributed by atoms with van der Waals surface area (Å²) in [6.45, 7) is 0. The molecule has 0 aromatic heterocycles. The topological polar surface area (TPSA) is 0 Å². The van der Waals surface area contributed by atoms with Crippen LogP contribution in [0.15, 0.2) is 76.4 Å². The molecule has 0 radical (unpaired) electrons. The van der Waals surface area contributed by atoms with Crippen LogP contribution in [0.4, 0.5) is 0 Å². The highest BCUT2D eigenvalue weighted by Gasteiger charge is 2.49. The van der Waals surface area contributed by atoms with Crippen LogP contribution in [-0.4, -0.2) is 18.5 Å². The monoisotopic (exact) mass is 426 g/mol. The van der Waals surface area contributed by atoms with Crippen LogP contribution in [0.3, 0.4) is 0 Å². The van der Waals surface area contributed by atoms with Crippen LogP contribution < -0.4 is 0 Å². The van der Waals surface area contributed by atoms with E-state index in [0.29, 0.717) is 0 Å². The second-order valence-corrected chi connectivity index (χ2v) is 13.7. The Bertz CT molecular complexity index is 908. The Hall–Kier alpha value is -1.02. The van der Waals surface area contributed by atoms with Gasteiger partial charge in [-0.3, -0.25) is 0 Å². The second kappa shape index (κ2) is 7.34. The van der Waals surface area contributed by atoms with Gasteiger partial charge in [0.25, 0.3) is 0 Å². The van der Waals surface area contributed by atoms with Crippen molar-refractivity contribution in [2.45, 2.75) is 66.8 Å². The Morgan fingerprint density at radius 3 is 2.29 bits per heavy atom. The SMILES string of the molecule is ClC1([SiH2]C2(Cl)C(Cc3ccccc3)=CC3=C2CCCC3)C=CC2=C1CCCC2. The van der Waals surface area contributed by atoms with Crippen LogP contribution in [0.25, 0.3) is 0 Å². The molecule has 2 atom stereocenters. The van der Waals surface area contributed by atoms with E-state index in [-0.39, 0.29) is 8.99 Å². The summed E-state index contributed by atoms with van der Waals surface area (Å²) in [4.78, 5) is 0. The molecule has 3 heteroatoms. The Morgan fingerprint density at radius 2 is 1.50 bits per heavy atom. The number of allylic oxidation sites excluding steroid dienone is 8. The van der Waals surface area contributed by atoms with Gasteiger partial charge in [0.1, 0.15) is 0 Å². The molecule has 1 aromatic carbocycles. The summed E-state index contributed by atoms with van der Waals surface area (Å²) in [6, 6.07) is 10.8. The fraction of sp³-hybridized carbons (Fsp3) is 0.440. The fourth-order valence-corrected chi connectivity index (χ4v) is 10.4. The van der Waals surface area contributed by atoms with Crippen molar-refractivity contribution in [3.8, 4) is 0 Å². The zero-order valence-electron chi connectivity index (χ0n) is 16.4. The third-order valence-corrected chi connectivity index (χ3v) is 11.3. The molecule has 0 saturated carbocycles. The van der Waals surface area contributed by atoms with Crippen molar-refractivity contribution in [2.24, 2.45) is 0 Å². The van der Waals surface area contributed by atoms with E-state index in [1.807, 2.05) is 0 Å². The number of alkyl halides is 2. The highest BCUT2D eigenvalue weighted by atomic mass is 35.5. The van der Waals surface area contributed by atoms with Crippen LogP contribution in [0.1, 0.15) is 56.9 Å². The lowest BCUT2D eigenvalue weighted by Gasteiger charge is -2.38.